The molecule has 1 saturated carbocycles. The molecule has 1 aromatic rings. The van der Waals surface area contributed by atoms with Crippen LogP contribution < -0.4 is 5.32 Å². The second-order valence-corrected chi connectivity index (χ2v) is 7.69. The van der Waals surface area contributed by atoms with Crippen molar-refractivity contribution in [2.75, 3.05) is 6.54 Å². The summed E-state index contributed by atoms with van der Waals surface area (Å²) < 4.78 is 0. The Labute approximate surface area is 131 Å². The fraction of sp³-hybridized carbons (Fsp3) is 0.750. The van der Waals surface area contributed by atoms with Crippen LogP contribution in [0, 0.1) is 24.2 Å². The zero-order valence-electron chi connectivity index (χ0n) is 13.3. The van der Waals surface area contributed by atoms with Gasteiger partial charge in [0.2, 0.25) is 0 Å². The van der Waals surface area contributed by atoms with Crippen LogP contribution in [0.2, 0.25) is 0 Å². The number of hydrogen-bond donors (Lipinski definition) is 2. The molecule has 0 amide bonds. The smallest absolute Gasteiger partial charge is 0.307 e. The van der Waals surface area contributed by atoms with Crippen molar-refractivity contribution in [2.45, 2.75) is 53.0 Å². The highest BCUT2D eigenvalue weighted by Crippen LogP contribution is 2.45. The van der Waals surface area contributed by atoms with Gasteiger partial charge in [-0.3, -0.25) is 4.79 Å². The SMILES string of the molecule is Cc1ncsc1CCNC1CCC(C(=O)O)C(C)(C)C1C. The van der Waals surface area contributed by atoms with Crippen molar-refractivity contribution in [1.29, 1.82) is 0 Å². The van der Waals surface area contributed by atoms with Crippen LogP contribution in [-0.2, 0) is 11.2 Å². The maximum Gasteiger partial charge on any atom is 0.307 e. The van der Waals surface area contributed by atoms with Crippen LogP contribution in [-0.4, -0.2) is 28.6 Å². The second kappa shape index (κ2) is 6.44. The Hall–Kier alpha value is -0.940. The Morgan fingerprint density at radius 3 is 2.81 bits per heavy atom. The van der Waals surface area contributed by atoms with Gasteiger partial charge in [-0.25, -0.2) is 4.98 Å². The molecule has 1 fully saturated rings. The quantitative estimate of drug-likeness (QED) is 0.877. The van der Waals surface area contributed by atoms with Gasteiger partial charge in [-0.2, -0.15) is 0 Å². The predicted octanol–water partition coefficient (Wildman–Crippen LogP) is 3.11. The molecule has 0 aliphatic heterocycles. The van der Waals surface area contributed by atoms with E-state index in [0.717, 1.165) is 31.5 Å². The van der Waals surface area contributed by atoms with E-state index in [0.29, 0.717) is 12.0 Å². The Morgan fingerprint density at radius 2 is 2.24 bits per heavy atom. The van der Waals surface area contributed by atoms with Gasteiger partial charge in [0.15, 0.2) is 0 Å². The van der Waals surface area contributed by atoms with Crippen LogP contribution in [0.3, 0.4) is 0 Å². The normalized spacial score (nSPS) is 28.5. The summed E-state index contributed by atoms with van der Waals surface area (Å²) in [6.07, 6.45) is 2.72. The summed E-state index contributed by atoms with van der Waals surface area (Å²) in [7, 11) is 0. The van der Waals surface area contributed by atoms with Crippen molar-refractivity contribution in [1.82, 2.24) is 10.3 Å². The average molecular weight is 310 g/mol. The summed E-state index contributed by atoms with van der Waals surface area (Å²) in [4.78, 5) is 17.0. The number of nitrogens with zero attached hydrogens (tertiary/aromatic N) is 1. The van der Waals surface area contributed by atoms with Crippen LogP contribution in [0.4, 0.5) is 0 Å². The molecular formula is C16H26N2O2S. The third kappa shape index (κ3) is 3.46. The number of carboxylic acids is 1. The number of nitrogens with one attached hydrogen (secondary N) is 1. The van der Waals surface area contributed by atoms with Crippen LogP contribution >= 0.6 is 11.3 Å². The van der Waals surface area contributed by atoms with Gasteiger partial charge < -0.3 is 10.4 Å². The maximum atomic E-state index is 11.4. The summed E-state index contributed by atoms with van der Waals surface area (Å²) in [5.74, 6) is -0.519. The number of hydrogen-bond acceptors (Lipinski definition) is 4. The Kier molecular flexibility index (Phi) is 5.04. The average Bonchev–Trinajstić information content (AvgIpc) is 2.80. The minimum Gasteiger partial charge on any atom is -0.481 e. The van der Waals surface area contributed by atoms with E-state index in [1.807, 2.05) is 5.51 Å². The molecule has 0 bridgehead atoms. The molecule has 5 heteroatoms. The lowest BCUT2D eigenvalue weighted by Crippen LogP contribution is -2.51. The lowest BCUT2D eigenvalue weighted by atomic mass is 9.61. The highest BCUT2D eigenvalue weighted by Gasteiger charge is 2.45. The van der Waals surface area contributed by atoms with Crippen molar-refractivity contribution in [3.8, 4) is 0 Å². The first kappa shape index (κ1) is 16.4. The molecule has 1 aromatic heterocycles. The van der Waals surface area contributed by atoms with Gasteiger partial charge in [-0.05, 0) is 37.5 Å². The first-order valence-corrected chi connectivity index (χ1v) is 8.57. The van der Waals surface area contributed by atoms with Crippen molar-refractivity contribution in [2.24, 2.45) is 17.3 Å². The van der Waals surface area contributed by atoms with Gasteiger partial charge in [0.25, 0.3) is 0 Å². The highest BCUT2D eigenvalue weighted by molar-refractivity contribution is 7.09. The Balaban J connectivity index is 1.90. The van der Waals surface area contributed by atoms with E-state index in [9.17, 15) is 9.90 Å². The van der Waals surface area contributed by atoms with E-state index >= 15 is 0 Å². The summed E-state index contributed by atoms with van der Waals surface area (Å²) in [5, 5.41) is 13.0. The third-order valence-electron chi connectivity index (χ3n) is 5.34. The van der Waals surface area contributed by atoms with E-state index in [2.05, 4.69) is 38.0 Å². The Morgan fingerprint density at radius 1 is 1.52 bits per heavy atom. The van der Waals surface area contributed by atoms with E-state index < -0.39 is 5.97 Å². The van der Waals surface area contributed by atoms with Crippen molar-refractivity contribution < 1.29 is 9.90 Å². The number of thiazole rings is 1. The molecule has 2 rings (SSSR count). The fourth-order valence-electron chi connectivity index (χ4n) is 3.46. The summed E-state index contributed by atoms with van der Waals surface area (Å²) in [5.41, 5.74) is 2.86. The number of aryl methyl sites for hydroxylation is 1. The molecular weight excluding hydrogens is 284 g/mol. The fourth-order valence-corrected chi connectivity index (χ4v) is 4.24. The first-order chi connectivity index (χ1) is 9.84. The third-order valence-corrected chi connectivity index (χ3v) is 6.34. The van der Waals surface area contributed by atoms with E-state index in [4.69, 9.17) is 0 Å². The number of aromatic nitrogens is 1. The molecule has 3 unspecified atom stereocenters. The lowest BCUT2D eigenvalue weighted by molar-refractivity contribution is -0.150. The van der Waals surface area contributed by atoms with Crippen LogP contribution in [0.5, 0.6) is 0 Å². The largest absolute Gasteiger partial charge is 0.481 e. The molecule has 1 aliphatic rings. The molecule has 0 spiro atoms. The summed E-state index contributed by atoms with van der Waals surface area (Å²) >= 11 is 1.71. The number of rotatable bonds is 5. The highest BCUT2D eigenvalue weighted by atomic mass is 32.1. The van der Waals surface area contributed by atoms with E-state index in [1.165, 1.54) is 4.88 Å². The second-order valence-electron chi connectivity index (χ2n) is 6.75. The topological polar surface area (TPSA) is 62.2 Å². The molecule has 4 nitrogen and oxygen atoms in total. The molecule has 1 aliphatic carbocycles. The summed E-state index contributed by atoms with van der Waals surface area (Å²) in [6, 6.07) is 0.406. The first-order valence-electron chi connectivity index (χ1n) is 7.69. The molecule has 0 radical (unpaired) electrons. The number of aliphatic carboxylic acids is 1. The maximum absolute atomic E-state index is 11.4. The standard InChI is InChI=1S/C16H26N2O2S/c1-10-13(6-5-12(15(19)20)16(10,3)4)17-8-7-14-11(2)18-9-21-14/h9-10,12-13,17H,5-8H2,1-4H3,(H,19,20). The van der Waals surface area contributed by atoms with Crippen LogP contribution in [0.1, 0.15) is 44.2 Å². The minimum atomic E-state index is -0.648. The van der Waals surface area contributed by atoms with Crippen molar-refractivity contribution >= 4 is 17.3 Å². The van der Waals surface area contributed by atoms with Gasteiger partial charge in [0, 0.05) is 17.5 Å². The molecule has 0 saturated heterocycles. The van der Waals surface area contributed by atoms with Gasteiger partial charge >= 0.3 is 5.97 Å². The van der Waals surface area contributed by atoms with E-state index in [-0.39, 0.29) is 11.3 Å². The molecule has 21 heavy (non-hydrogen) atoms. The molecule has 2 N–H and O–H groups in total. The minimum absolute atomic E-state index is 0.165. The summed E-state index contributed by atoms with van der Waals surface area (Å²) in [6.45, 7) is 9.36. The van der Waals surface area contributed by atoms with Crippen molar-refractivity contribution in [3.63, 3.8) is 0 Å². The zero-order chi connectivity index (χ0) is 15.6. The van der Waals surface area contributed by atoms with Gasteiger partial charge in [-0.1, -0.05) is 20.8 Å². The van der Waals surface area contributed by atoms with Crippen molar-refractivity contribution in [3.05, 3.63) is 16.1 Å². The lowest BCUT2D eigenvalue weighted by Gasteiger charge is -2.46. The molecule has 0 aromatic carbocycles. The number of carboxylic acid groups (broad SMARTS) is 1. The van der Waals surface area contributed by atoms with E-state index in [1.54, 1.807) is 11.3 Å². The zero-order valence-corrected chi connectivity index (χ0v) is 14.2. The Bertz CT molecular complexity index is 498. The van der Waals surface area contributed by atoms with Gasteiger partial charge in [0.05, 0.1) is 17.1 Å². The number of carbonyl (C=O) groups is 1. The predicted molar refractivity (Wildman–Crippen MR) is 85.7 cm³/mol. The van der Waals surface area contributed by atoms with Crippen LogP contribution in [0.15, 0.2) is 5.51 Å². The molecule has 1 heterocycles. The monoisotopic (exact) mass is 310 g/mol. The molecule has 118 valence electrons. The molecule has 3 atom stereocenters. The van der Waals surface area contributed by atoms with Crippen LogP contribution in [0.25, 0.3) is 0 Å². The van der Waals surface area contributed by atoms with Gasteiger partial charge in [-0.15, -0.1) is 11.3 Å². The van der Waals surface area contributed by atoms with Gasteiger partial charge in [0.1, 0.15) is 0 Å².